The number of carbonyl (C=O) groups excluding carboxylic acids is 1. The highest BCUT2D eigenvalue weighted by Gasteiger charge is 2.07. The molecule has 0 radical (unpaired) electrons. The summed E-state index contributed by atoms with van der Waals surface area (Å²) in [6, 6.07) is 7.32. The normalized spacial score (nSPS) is 10.4. The molecule has 0 aliphatic heterocycles. The van der Waals surface area contributed by atoms with E-state index in [9.17, 15) is 9.59 Å². The van der Waals surface area contributed by atoms with Gasteiger partial charge in [0.2, 0.25) is 5.91 Å². The van der Waals surface area contributed by atoms with Gasteiger partial charge in [-0.25, -0.2) is 4.98 Å². The van der Waals surface area contributed by atoms with Crippen molar-refractivity contribution in [2.75, 3.05) is 11.1 Å². The largest absolute Gasteiger partial charge is 0.325 e. The van der Waals surface area contributed by atoms with Crippen LogP contribution in [-0.4, -0.2) is 21.6 Å². The number of aromatic amines is 1. The summed E-state index contributed by atoms with van der Waals surface area (Å²) in [4.78, 5) is 30.1. The van der Waals surface area contributed by atoms with Gasteiger partial charge in [-0.2, -0.15) is 0 Å². The molecule has 110 valence electrons. The maximum atomic E-state index is 12.0. The molecule has 0 fully saturated rings. The van der Waals surface area contributed by atoms with Crippen LogP contribution >= 0.6 is 11.8 Å². The minimum Gasteiger partial charge on any atom is -0.325 e. The predicted octanol–water partition coefficient (Wildman–Crippen LogP) is 2.43. The lowest BCUT2D eigenvalue weighted by Gasteiger charge is -2.09. The van der Waals surface area contributed by atoms with Crippen LogP contribution in [0.4, 0.5) is 5.69 Å². The van der Waals surface area contributed by atoms with E-state index in [1.54, 1.807) is 6.92 Å². The van der Waals surface area contributed by atoms with Gasteiger partial charge in [0.25, 0.3) is 5.56 Å². The fourth-order valence-electron chi connectivity index (χ4n) is 1.81. The van der Waals surface area contributed by atoms with Crippen LogP contribution in [0, 0.1) is 20.8 Å². The van der Waals surface area contributed by atoms with E-state index >= 15 is 0 Å². The minimum absolute atomic E-state index is 0.127. The average Bonchev–Trinajstić information content (AvgIpc) is 2.40. The molecule has 21 heavy (non-hydrogen) atoms. The van der Waals surface area contributed by atoms with E-state index in [0.717, 1.165) is 16.8 Å². The number of anilines is 1. The maximum Gasteiger partial charge on any atom is 0.251 e. The second-order valence-electron chi connectivity index (χ2n) is 4.85. The zero-order valence-electron chi connectivity index (χ0n) is 12.2. The highest BCUT2D eigenvalue weighted by Crippen LogP contribution is 2.17. The zero-order chi connectivity index (χ0) is 15.4. The first kappa shape index (κ1) is 15.3. The highest BCUT2D eigenvalue weighted by molar-refractivity contribution is 7.99. The van der Waals surface area contributed by atoms with Crippen molar-refractivity contribution in [3.63, 3.8) is 0 Å². The van der Waals surface area contributed by atoms with Crippen LogP contribution < -0.4 is 10.9 Å². The first-order chi connectivity index (χ1) is 9.94. The van der Waals surface area contributed by atoms with E-state index in [2.05, 4.69) is 15.3 Å². The third-order valence-electron chi connectivity index (χ3n) is 2.86. The molecule has 1 amide bonds. The molecule has 0 aliphatic carbocycles. The second-order valence-corrected chi connectivity index (χ2v) is 5.81. The van der Waals surface area contributed by atoms with E-state index in [1.807, 2.05) is 32.0 Å². The van der Waals surface area contributed by atoms with Crippen molar-refractivity contribution in [3.05, 3.63) is 51.4 Å². The molecule has 2 rings (SSSR count). The molecule has 0 atom stereocenters. The number of hydrogen-bond acceptors (Lipinski definition) is 4. The van der Waals surface area contributed by atoms with Crippen LogP contribution in [0.25, 0.3) is 0 Å². The van der Waals surface area contributed by atoms with E-state index in [0.29, 0.717) is 10.9 Å². The molecule has 1 heterocycles. The highest BCUT2D eigenvalue weighted by atomic mass is 32.2. The zero-order valence-corrected chi connectivity index (χ0v) is 13.0. The number of aryl methyl sites for hydroxylation is 3. The number of nitrogens with one attached hydrogen (secondary N) is 2. The monoisotopic (exact) mass is 303 g/mol. The molecule has 1 aromatic carbocycles. The van der Waals surface area contributed by atoms with Crippen molar-refractivity contribution >= 4 is 23.4 Å². The van der Waals surface area contributed by atoms with E-state index < -0.39 is 0 Å². The first-order valence-electron chi connectivity index (χ1n) is 6.52. The SMILES string of the molecule is Cc1ccc(C)c(NC(=O)CSc2nc(C)cc(=O)[nH]2)c1. The van der Waals surface area contributed by atoms with Gasteiger partial charge in [0.05, 0.1) is 5.75 Å². The van der Waals surface area contributed by atoms with Gasteiger partial charge in [-0.1, -0.05) is 23.9 Å². The Labute approximate surface area is 127 Å². The molecule has 0 saturated carbocycles. The Morgan fingerprint density at radius 3 is 2.76 bits per heavy atom. The van der Waals surface area contributed by atoms with Gasteiger partial charge in [-0.15, -0.1) is 0 Å². The fourth-order valence-corrected chi connectivity index (χ4v) is 2.53. The predicted molar refractivity (Wildman–Crippen MR) is 84.9 cm³/mol. The van der Waals surface area contributed by atoms with E-state index in [1.165, 1.54) is 17.8 Å². The molecular weight excluding hydrogens is 286 g/mol. The molecule has 0 aliphatic rings. The molecule has 0 saturated heterocycles. The van der Waals surface area contributed by atoms with Gasteiger partial charge in [0, 0.05) is 17.4 Å². The number of aromatic nitrogens is 2. The van der Waals surface area contributed by atoms with Crippen LogP contribution in [-0.2, 0) is 4.79 Å². The van der Waals surface area contributed by atoms with Crippen molar-refractivity contribution in [2.24, 2.45) is 0 Å². The molecule has 2 aromatic rings. The first-order valence-corrected chi connectivity index (χ1v) is 7.50. The van der Waals surface area contributed by atoms with Gasteiger partial charge >= 0.3 is 0 Å². The smallest absolute Gasteiger partial charge is 0.251 e. The Hall–Kier alpha value is -2.08. The summed E-state index contributed by atoms with van der Waals surface area (Å²) in [6.45, 7) is 5.67. The van der Waals surface area contributed by atoms with Crippen LogP contribution in [0.2, 0.25) is 0 Å². The molecule has 5 nitrogen and oxygen atoms in total. The van der Waals surface area contributed by atoms with Gasteiger partial charge in [-0.05, 0) is 38.0 Å². The van der Waals surface area contributed by atoms with Crippen molar-refractivity contribution in [3.8, 4) is 0 Å². The molecule has 6 heteroatoms. The third-order valence-corrected chi connectivity index (χ3v) is 3.73. The standard InChI is InChI=1S/C15H17N3O2S/c1-9-4-5-10(2)12(6-9)17-14(20)8-21-15-16-11(3)7-13(19)18-15/h4-7H,8H2,1-3H3,(H,17,20)(H,16,18,19). The summed E-state index contributed by atoms with van der Waals surface area (Å²) in [5.41, 5.74) is 3.34. The summed E-state index contributed by atoms with van der Waals surface area (Å²) >= 11 is 1.21. The number of benzene rings is 1. The lowest BCUT2D eigenvalue weighted by Crippen LogP contribution is -2.16. The van der Waals surface area contributed by atoms with Crippen molar-refractivity contribution < 1.29 is 4.79 Å². The lowest BCUT2D eigenvalue weighted by molar-refractivity contribution is -0.113. The van der Waals surface area contributed by atoms with E-state index in [4.69, 9.17) is 0 Å². The van der Waals surface area contributed by atoms with Gasteiger partial charge in [0.15, 0.2) is 5.16 Å². The number of nitrogens with zero attached hydrogens (tertiary/aromatic N) is 1. The molecule has 0 bridgehead atoms. The van der Waals surface area contributed by atoms with Gasteiger partial charge in [0.1, 0.15) is 0 Å². The van der Waals surface area contributed by atoms with Gasteiger partial charge in [-0.3, -0.25) is 9.59 Å². The summed E-state index contributed by atoms with van der Waals surface area (Å²) in [5.74, 6) is 0.0672. The van der Waals surface area contributed by atoms with Crippen LogP contribution in [0.5, 0.6) is 0 Å². The number of carbonyl (C=O) groups is 1. The Bertz CT molecular complexity index is 725. The summed E-state index contributed by atoms with van der Waals surface area (Å²) < 4.78 is 0. The number of rotatable bonds is 4. The molecule has 2 N–H and O–H groups in total. The number of H-pyrrole nitrogens is 1. The van der Waals surface area contributed by atoms with Crippen LogP contribution in [0.15, 0.2) is 34.2 Å². The fraction of sp³-hybridized carbons (Fsp3) is 0.267. The van der Waals surface area contributed by atoms with E-state index in [-0.39, 0.29) is 17.2 Å². The second kappa shape index (κ2) is 6.58. The van der Waals surface area contributed by atoms with Crippen molar-refractivity contribution in [1.82, 2.24) is 9.97 Å². The summed E-state index contributed by atoms with van der Waals surface area (Å²) in [5, 5.41) is 3.33. The topological polar surface area (TPSA) is 74.8 Å². The Balaban J connectivity index is 1.99. The Morgan fingerprint density at radius 2 is 2.05 bits per heavy atom. The van der Waals surface area contributed by atoms with Crippen LogP contribution in [0.1, 0.15) is 16.8 Å². The van der Waals surface area contributed by atoms with Crippen LogP contribution in [0.3, 0.4) is 0 Å². The Morgan fingerprint density at radius 1 is 1.29 bits per heavy atom. The average molecular weight is 303 g/mol. The molecule has 0 unspecified atom stereocenters. The maximum absolute atomic E-state index is 12.0. The van der Waals surface area contributed by atoms with Crippen molar-refractivity contribution in [2.45, 2.75) is 25.9 Å². The van der Waals surface area contributed by atoms with Gasteiger partial charge < -0.3 is 10.3 Å². The minimum atomic E-state index is -0.208. The molecule has 0 spiro atoms. The number of amides is 1. The third kappa shape index (κ3) is 4.46. The Kier molecular flexibility index (Phi) is 4.80. The van der Waals surface area contributed by atoms with Crippen molar-refractivity contribution in [1.29, 1.82) is 0 Å². The molecular formula is C15H17N3O2S. The lowest BCUT2D eigenvalue weighted by atomic mass is 10.1. The summed E-state index contributed by atoms with van der Waals surface area (Å²) in [6.07, 6.45) is 0. The summed E-state index contributed by atoms with van der Waals surface area (Å²) in [7, 11) is 0. The number of thioether (sulfide) groups is 1. The molecule has 1 aromatic heterocycles. The quantitative estimate of drug-likeness (QED) is 0.672. The number of hydrogen-bond donors (Lipinski definition) is 2.